The van der Waals surface area contributed by atoms with Crippen molar-refractivity contribution in [1.82, 2.24) is 24.6 Å². The number of aromatic hydroxyl groups is 1. The number of carbonyl (C=O) groups is 2. The van der Waals surface area contributed by atoms with Crippen molar-refractivity contribution in [3.8, 4) is 5.75 Å². The quantitative estimate of drug-likeness (QED) is 0.556. The Morgan fingerprint density at radius 3 is 2.44 bits per heavy atom. The second kappa shape index (κ2) is 11.5. The number of halogens is 2. The molecule has 2 N–H and O–H groups in total. The van der Waals surface area contributed by atoms with Crippen LogP contribution in [0.2, 0.25) is 0 Å². The number of benzene rings is 1. The second-order valence-electron chi connectivity index (χ2n) is 11.9. The van der Waals surface area contributed by atoms with Crippen molar-refractivity contribution >= 4 is 11.8 Å². The minimum atomic E-state index is -0.948. The van der Waals surface area contributed by atoms with E-state index in [1.165, 1.54) is 36.1 Å². The lowest BCUT2D eigenvalue weighted by atomic mass is 9.79. The highest BCUT2D eigenvalue weighted by Crippen LogP contribution is 2.37. The fourth-order valence-corrected chi connectivity index (χ4v) is 7.14. The molecule has 0 radical (unpaired) electrons. The van der Waals surface area contributed by atoms with E-state index in [0.717, 1.165) is 64.1 Å². The highest BCUT2D eigenvalue weighted by atomic mass is 19.1. The fourth-order valence-electron chi connectivity index (χ4n) is 7.14. The molecule has 3 atom stereocenters. The molecule has 2 saturated heterocycles. The molecule has 11 heteroatoms. The Bertz CT molecular complexity index is 1390. The Labute approximate surface area is 237 Å². The first kappa shape index (κ1) is 27.8. The molecule has 41 heavy (non-hydrogen) atoms. The minimum absolute atomic E-state index is 0.0569. The number of rotatable bonds is 6. The van der Waals surface area contributed by atoms with Gasteiger partial charge in [0.1, 0.15) is 23.4 Å². The molecule has 3 aliphatic heterocycles. The molecule has 1 aromatic heterocycles. The van der Waals surface area contributed by atoms with Crippen LogP contribution in [-0.2, 0) is 13.1 Å². The molecule has 6 rings (SSSR count). The number of nitrogens with one attached hydrogen (secondary N) is 1. The van der Waals surface area contributed by atoms with Gasteiger partial charge in [0.05, 0.1) is 6.54 Å². The number of aromatic nitrogens is 1. The summed E-state index contributed by atoms with van der Waals surface area (Å²) in [5, 5.41) is 13.4. The van der Waals surface area contributed by atoms with Gasteiger partial charge in [0.15, 0.2) is 11.4 Å². The van der Waals surface area contributed by atoms with E-state index in [0.29, 0.717) is 24.9 Å². The van der Waals surface area contributed by atoms with Crippen molar-refractivity contribution in [2.75, 3.05) is 39.3 Å². The smallest absolute Gasteiger partial charge is 0.275 e. The monoisotopic (exact) mass is 569 g/mol. The van der Waals surface area contributed by atoms with Gasteiger partial charge in [-0.2, -0.15) is 0 Å². The Morgan fingerprint density at radius 1 is 0.976 bits per heavy atom. The number of fused-ring (bicyclic) bond motifs is 3. The average molecular weight is 570 g/mol. The molecular weight excluding hydrogens is 532 g/mol. The number of nitrogens with zero attached hydrogens (tertiary/aromatic N) is 4. The van der Waals surface area contributed by atoms with E-state index in [1.54, 1.807) is 0 Å². The maximum absolute atomic E-state index is 14.1. The molecule has 0 spiro atoms. The number of pyridine rings is 1. The van der Waals surface area contributed by atoms with Gasteiger partial charge in [0.2, 0.25) is 5.43 Å². The summed E-state index contributed by atoms with van der Waals surface area (Å²) in [7, 11) is 0. The van der Waals surface area contributed by atoms with Crippen LogP contribution < -0.4 is 10.7 Å². The van der Waals surface area contributed by atoms with Gasteiger partial charge >= 0.3 is 0 Å². The van der Waals surface area contributed by atoms with Crippen molar-refractivity contribution in [3.63, 3.8) is 0 Å². The molecule has 9 nitrogen and oxygen atoms in total. The van der Waals surface area contributed by atoms with Crippen LogP contribution in [0.25, 0.3) is 0 Å². The molecular formula is C30H37F2N5O4. The number of carbonyl (C=O) groups excluding carboxylic acids is 2. The zero-order chi connectivity index (χ0) is 28.7. The summed E-state index contributed by atoms with van der Waals surface area (Å²) in [5.74, 6) is -2.63. The van der Waals surface area contributed by atoms with Crippen molar-refractivity contribution < 1.29 is 23.5 Å². The topological polar surface area (TPSA) is 98.1 Å². The van der Waals surface area contributed by atoms with Crippen LogP contribution in [0.15, 0.2) is 29.2 Å². The van der Waals surface area contributed by atoms with Crippen LogP contribution in [0.4, 0.5) is 8.78 Å². The molecule has 3 fully saturated rings. The van der Waals surface area contributed by atoms with Crippen LogP contribution in [0.1, 0.15) is 64.9 Å². The Morgan fingerprint density at radius 2 is 1.71 bits per heavy atom. The van der Waals surface area contributed by atoms with E-state index in [-0.39, 0.29) is 29.5 Å². The van der Waals surface area contributed by atoms with E-state index in [2.05, 4.69) is 15.1 Å². The minimum Gasteiger partial charge on any atom is -0.503 e. The summed E-state index contributed by atoms with van der Waals surface area (Å²) >= 11 is 0. The molecule has 0 unspecified atom stereocenters. The van der Waals surface area contributed by atoms with Gasteiger partial charge in [0.25, 0.3) is 11.8 Å². The normalized spacial score (nSPS) is 24.9. The van der Waals surface area contributed by atoms with Gasteiger partial charge in [0, 0.05) is 50.6 Å². The number of hydrogen-bond donors (Lipinski definition) is 2. The largest absolute Gasteiger partial charge is 0.503 e. The average Bonchev–Trinajstić information content (AvgIpc) is 3.42. The Balaban J connectivity index is 1.28. The van der Waals surface area contributed by atoms with Gasteiger partial charge in [-0.05, 0) is 56.7 Å². The summed E-state index contributed by atoms with van der Waals surface area (Å²) in [5.41, 5.74) is -1.32. The van der Waals surface area contributed by atoms with Crippen LogP contribution in [-0.4, -0.2) is 81.6 Å². The van der Waals surface area contributed by atoms with E-state index < -0.39 is 34.6 Å². The summed E-state index contributed by atoms with van der Waals surface area (Å²) in [6.45, 7) is 5.45. The van der Waals surface area contributed by atoms with Crippen LogP contribution >= 0.6 is 0 Å². The van der Waals surface area contributed by atoms with Crippen molar-refractivity contribution in [2.45, 2.75) is 57.8 Å². The van der Waals surface area contributed by atoms with Crippen LogP contribution in [0.5, 0.6) is 5.75 Å². The number of hydrogen-bond acceptors (Lipinski definition) is 6. The maximum Gasteiger partial charge on any atom is 0.275 e. The first-order chi connectivity index (χ1) is 19.8. The summed E-state index contributed by atoms with van der Waals surface area (Å²) in [6, 6.07) is 3.02. The Kier molecular flexibility index (Phi) is 7.82. The third-order valence-corrected chi connectivity index (χ3v) is 9.43. The molecule has 1 saturated carbocycles. The molecule has 1 aromatic carbocycles. The molecule has 4 heterocycles. The first-order valence-electron chi connectivity index (χ1n) is 14.8. The standard InChI is InChI=1S/C30H37F2N5O4/c31-22-8-7-19(24(32)13-22)14-33-29(40)23-17-36-18-25-35(12-11-34-9-3-4-10-34)15-20-5-1-2-6-21(20)16-37(25)30(41)26(36)28(39)27(23)38/h7-8,13,17,20-21,25,39H,1-6,9-12,14-16,18H2,(H,33,40)/t20-,21-,25-/m0/s1. The lowest BCUT2D eigenvalue weighted by Gasteiger charge is -2.42. The summed E-state index contributed by atoms with van der Waals surface area (Å²) in [6.07, 6.45) is 8.02. The van der Waals surface area contributed by atoms with E-state index in [1.807, 2.05) is 4.90 Å². The lowest BCUT2D eigenvalue weighted by molar-refractivity contribution is 0.0173. The Hall–Kier alpha value is -3.31. The van der Waals surface area contributed by atoms with Crippen molar-refractivity contribution in [1.29, 1.82) is 0 Å². The molecule has 1 aliphatic carbocycles. The lowest BCUT2D eigenvalue weighted by Crippen LogP contribution is -2.57. The predicted octanol–water partition coefficient (Wildman–Crippen LogP) is 2.76. The predicted molar refractivity (Wildman–Crippen MR) is 147 cm³/mol. The van der Waals surface area contributed by atoms with Gasteiger partial charge < -0.3 is 24.8 Å². The molecule has 0 bridgehead atoms. The van der Waals surface area contributed by atoms with Gasteiger partial charge in [-0.1, -0.05) is 18.9 Å². The van der Waals surface area contributed by atoms with Gasteiger partial charge in [-0.3, -0.25) is 19.3 Å². The molecule has 2 aromatic rings. The van der Waals surface area contributed by atoms with E-state index >= 15 is 0 Å². The zero-order valence-electron chi connectivity index (χ0n) is 23.2. The summed E-state index contributed by atoms with van der Waals surface area (Å²) in [4.78, 5) is 46.7. The SMILES string of the molecule is O=C(NCc1ccc(F)cc1F)c1cn2c(c(O)c1=O)C(=O)N1C[C@@H]3CCCC[C@H]3CN(CCN3CCCC3)[C@@H]1C2. The molecule has 4 aliphatic rings. The van der Waals surface area contributed by atoms with Crippen LogP contribution in [0.3, 0.4) is 0 Å². The van der Waals surface area contributed by atoms with Crippen LogP contribution in [0, 0.1) is 23.5 Å². The zero-order valence-corrected chi connectivity index (χ0v) is 23.2. The number of likely N-dealkylation sites (tertiary alicyclic amines) is 1. The highest BCUT2D eigenvalue weighted by Gasteiger charge is 2.44. The van der Waals surface area contributed by atoms with E-state index in [4.69, 9.17) is 0 Å². The van der Waals surface area contributed by atoms with Gasteiger partial charge in [-0.15, -0.1) is 0 Å². The third kappa shape index (κ3) is 5.49. The molecule has 220 valence electrons. The summed E-state index contributed by atoms with van der Waals surface area (Å²) < 4.78 is 28.8. The van der Waals surface area contributed by atoms with Gasteiger partial charge in [-0.25, -0.2) is 8.78 Å². The van der Waals surface area contributed by atoms with E-state index in [9.17, 15) is 28.3 Å². The first-order valence-corrected chi connectivity index (χ1v) is 14.8. The maximum atomic E-state index is 14.1. The fraction of sp³-hybridized carbons (Fsp3) is 0.567. The number of amides is 2. The second-order valence-corrected chi connectivity index (χ2v) is 11.9. The molecule has 2 amide bonds. The third-order valence-electron chi connectivity index (χ3n) is 9.43. The van der Waals surface area contributed by atoms with Crippen molar-refractivity contribution in [3.05, 3.63) is 63.1 Å². The highest BCUT2D eigenvalue weighted by molar-refractivity contribution is 5.99. The van der Waals surface area contributed by atoms with Crippen molar-refractivity contribution in [2.24, 2.45) is 11.8 Å².